The van der Waals surface area contributed by atoms with Crippen LogP contribution in [-0.4, -0.2) is 31.1 Å². The second-order valence-corrected chi connectivity index (χ2v) is 7.05. The van der Waals surface area contributed by atoms with E-state index in [0.717, 1.165) is 51.6 Å². The van der Waals surface area contributed by atoms with E-state index in [2.05, 4.69) is 69.7 Å². The lowest BCUT2D eigenvalue weighted by Gasteiger charge is -2.36. The number of anilines is 1. The highest BCUT2D eigenvalue weighted by atomic mass is 16.3. The van der Waals surface area contributed by atoms with Crippen LogP contribution in [0.2, 0.25) is 0 Å². The maximum atomic E-state index is 5.39. The molecule has 4 rings (SSSR count). The van der Waals surface area contributed by atoms with E-state index in [4.69, 9.17) is 4.42 Å². The normalized spacial score (nSPS) is 15.2. The van der Waals surface area contributed by atoms with Gasteiger partial charge in [-0.05, 0) is 35.4 Å². The van der Waals surface area contributed by atoms with E-state index >= 15 is 0 Å². The first-order valence-electron chi connectivity index (χ1n) is 9.71. The van der Waals surface area contributed by atoms with E-state index in [1.54, 1.807) is 6.26 Å². The van der Waals surface area contributed by atoms with Crippen LogP contribution in [0, 0.1) is 0 Å². The van der Waals surface area contributed by atoms with Crippen LogP contribution in [0.3, 0.4) is 0 Å². The van der Waals surface area contributed by atoms with Crippen molar-refractivity contribution >= 4 is 5.69 Å². The summed E-state index contributed by atoms with van der Waals surface area (Å²) in [5, 5.41) is 3.49. The number of rotatable bonds is 7. The van der Waals surface area contributed by atoms with E-state index in [-0.39, 0.29) is 0 Å². The average Bonchev–Trinajstić information content (AvgIpc) is 3.24. The fraction of sp³-hybridized carbons (Fsp3) is 0.304. The van der Waals surface area contributed by atoms with Crippen molar-refractivity contribution in [3.8, 4) is 0 Å². The van der Waals surface area contributed by atoms with Crippen LogP contribution in [0.25, 0.3) is 0 Å². The molecule has 0 aliphatic carbocycles. The third-order valence-electron chi connectivity index (χ3n) is 5.20. The fourth-order valence-corrected chi connectivity index (χ4v) is 3.66. The minimum Gasteiger partial charge on any atom is -0.468 e. The Morgan fingerprint density at radius 2 is 1.48 bits per heavy atom. The van der Waals surface area contributed by atoms with E-state index in [0.29, 0.717) is 0 Å². The molecule has 0 saturated carbocycles. The lowest BCUT2D eigenvalue weighted by molar-refractivity contribution is 0.249. The molecule has 0 radical (unpaired) electrons. The van der Waals surface area contributed by atoms with Crippen LogP contribution < -0.4 is 10.2 Å². The van der Waals surface area contributed by atoms with Crippen molar-refractivity contribution in [2.24, 2.45) is 0 Å². The Labute approximate surface area is 161 Å². The second kappa shape index (κ2) is 8.89. The predicted molar refractivity (Wildman–Crippen MR) is 110 cm³/mol. The van der Waals surface area contributed by atoms with Crippen LogP contribution in [-0.2, 0) is 19.6 Å². The van der Waals surface area contributed by atoms with E-state index in [9.17, 15) is 0 Å². The monoisotopic (exact) mass is 361 g/mol. The topological polar surface area (TPSA) is 31.6 Å². The van der Waals surface area contributed by atoms with E-state index in [1.165, 1.54) is 16.8 Å². The highest BCUT2D eigenvalue weighted by molar-refractivity contribution is 5.46. The van der Waals surface area contributed by atoms with Gasteiger partial charge in [-0.2, -0.15) is 0 Å². The number of hydrogen-bond donors (Lipinski definition) is 1. The molecule has 4 nitrogen and oxygen atoms in total. The van der Waals surface area contributed by atoms with Gasteiger partial charge in [0.2, 0.25) is 0 Å². The summed E-state index contributed by atoms with van der Waals surface area (Å²) in [6.07, 6.45) is 1.72. The van der Waals surface area contributed by atoms with Crippen molar-refractivity contribution in [3.63, 3.8) is 0 Å². The molecule has 1 N–H and O–H groups in total. The quantitative estimate of drug-likeness (QED) is 0.692. The Morgan fingerprint density at radius 1 is 0.741 bits per heavy atom. The molecule has 0 unspecified atom stereocenters. The number of para-hydroxylation sites is 1. The van der Waals surface area contributed by atoms with Gasteiger partial charge >= 0.3 is 0 Å². The fourth-order valence-electron chi connectivity index (χ4n) is 3.66. The molecule has 3 aromatic rings. The molecule has 1 saturated heterocycles. The van der Waals surface area contributed by atoms with Crippen molar-refractivity contribution in [1.29, 1.82) is 0 Å². The minimum absolute atomic E-state index is 0.761. The molecule has 0 amide bonds. The second-order valence-electron chi connectivity index (χ2n) is 7.05. The molecule has 0 atom stereocenters. The zero-order chi connectivity index (χ0) is 18.3. The molecule has 1 fully saturated rings. The van der Waals surface area contributed by atoms with Gasteiger partial charge in [-0.3, -0.25) is 4.90 Å². The van der Waals surface area contributed by atoms with Crippen LogP contribution >= 0.6 is 0 Å². The first kappa shape index (κ1) is 17.8. The molecule has 1 aliphatic rings. The van der Waals surface area contributed by atoms with Crippen molar-refractivity contribution in [2.75, 3.05) is 31.1 Å². The van der Waals surface area contributed by atoms with E-state index in [1.807, 2.05) is 12.1 Å². The first-order chi connectivity index (χ1) is 13.4. The van der Waals surface area contributed by atoms with Gasteiger partial charge in [-0.1, -0.05) is 42.5 Å². The highest BCUT2D eigenvalue weighted by Crippen LogP contribution is 2.18. The summed E-state index contributed by atoms with van der Waals surface area (Å²) < 4.78 is 5.39. The smallest absolute Gasteiger partial charge is 0.117 e. The SMILES string of the molecule is c1ccc(N2CCN(Cc3ccccc3CNCc3ccco3)CC2)cc1. The van der Waals surface area contributed by atoms with Gasteiger partial charge in [0.1, 0.15) is 5.76 Å². The predicted octanol–water partition coefficient (Wildman–Crippen LogP) is 3.89. The van der Waals surface area contributed by atoms with Gasteiger partial charge in [0.25, 0.3) is 0 Å². The molecule has 2 heterocycles. The van der Waals surface area contributed by atoms with Crippen LogP contribution in [0.15, 0.2) is 77.4 Å². The number of nitrogens with one attached hydrogen (secondary N) is 1. The van der Waals surface area contributed by atoms with Crippen molar-refractivity contribution < 1.29 is 4.42 Å². The van der Waals surface area contributed by atoms with Crippen molar-refractivity contribution in [1.82, 2.24) is 10.2 Å². The Hall–Kier alpha value is -2.56. The highest BCUT2D eigenvalue weighted by Gasteiger charge is 2.18. The van der Waals surface area contributed by atoms with Crippen LogP contribution in [0.1, 0.15) is 16.9 Å². The summed E-state index contributed by atoms with van der Waals surface area (Å²) >= 11 is 0. The zero-order valence-corrected chi connectivity index (χ0v) is 15.7. The maximum absolute atomic E-state index is 5.39. The van der Waals surface area contributed by atoms with Gasteiger partial charge in [-0.25, -0.2) is 0 Å². The van der Waals surface area contributed by atoms with Crippen LogP contribution in [0.4, 0.5) is 5.69 Å². The maximum Gasteiger partial charge on any atom is 0.117 e. The molecule has 4 heteroatoms. The average molecular weight is 361 g/mol. The number of nitrogens with zero attached hydrogens (tertiary/aromatic N) is 2. The van der Waals surface area contributed by atoms with Gasteiger partial charge < -0.3 is 14.6 Å². The van der Waals surface area contributed by atoms with Crippen LogP contribution in [0.5, 0.6) is 0 Å². The lowest BCUT2D eigenvalue weighted by atomic mass is 10.1. The summed E-state index contributed by atoms with van der Waals surface area (Å²) in [6.45, 7) is 7.01. The third kappa shape index (κ3) is 4.79. The number of furan rings is 1. The molecule has 27 heavy (non-hydrogen) atoms. The number of benzene rings is 2. The Kier molecular flexibility index (Phi) is 5.87. The standard InChI is InChI=1S/C23H27N3O/c1-2-9-22(10-3-1)26-14-12-25(13-15-26)19-21-8-5-4-7-20(21)17-24-18-23-11-6-16-27-23/h1-11,16,24H,12-15,17-19H2. The molecule has 140 valence electrons. The molecular weight excluding hydrogens is 334 g/mol. The van der Waals surface area contributed by atoms with Crippen molar-refractivity contribution in [3.05, 3.63) is 89.9 Å². The third-order valence-corrected chi connectivity index (χ3v) is 5.20. The molecule has 0 spiro atoms. The number of piperazine rings is 1. The van der Waals surface area contributed by atoms with Gasteiger partial charge in [0.05, 0.1) is 12.8 Å². The molecule has 0 bridgehead atoms. The van der Waals surface area contributed by atoms with Gasteiger partial charge in [0.15, 0.2) is 0 Å². The number of hydrogen-bond acceptors (Lipinski definition) is 4. The summed E-state index contributed by atoms with van der Waals surface area (Å²) in [6, 6.07) is 23.4. The molecular formula is C23H27N3O. The zero-order valence-electron chi connectivity index (χ0n) is 15.7. The Morgan fingerprint density at radius 3 is 2.22 bits per heavy atom. The summed E-state index contributed by atoms with van der Waals surface area (Å²) in [7, 11) is 0. The van der Waals surface area contributed by atoms with Gasteiger partial charge in [-0.15, -0.1) is 0 Å². The molecule has 1 aliphatic heterocycles. The van der Waals surface area contributed by atoms with E-state index < -0.39 is 0 Å². The minimum atomic E-state index is 0.761. The van der Waals surface area contributed by atoms with Crippen molar-refractivity contribution in [2.45, 2.75) is 19.6 Å². The largest absolute Gasteiger partial charge is 0.468 e. The molecule has 1 aromatic heterocycles. The summed E-state index contributed by atoms with van der Waals surface area (Å²) in [4.78, 5) is 5.04. The summed E-state index contributed by atoms with van der Waals surface area (Å²) in [5.74, 6) is 0.976. The van der Waals surface area contributed by atoms with Gasteiger partial charge in [0, 0.05) is 45.0 Å². The summed E-state index contributed by atoms with van der Waals surface area (Å²) in [5.41, 5.74) is 4.12. The lowest BCUT2D eigenvalue weighted by Crippen LogP contribution is -2.46. The molecule has 2 aromatic carbocycles. The first-order valence-corrected chi connectivity index (χ1v) is 9.71. The Balaban J connectivity index is 1.31. The Bertz CT molecular complexity index is 809.